The van der Waals surface area contributed by atoms with Gasteiger partial charge in [0.15, 0.2) is 0 Å². The minimum absolute atomic E-state index is 0.0897. The summed E-state index contributed by atoms with van der Waals surface area (Å²) in [5.41, 5.74) is -0.294. The van der Waals surface area contributed by atoms with E-state index in [9.17, 15) is 13.2 Å². The highest BCUT2D eigenvalue weighted by Crippen LogP contribution is 2.26. The van der Waals surface area contributed by atoms with E-state index in [2.05, 4.69) is 4.98 Å². The molecule has 6 heteroatoms. The molecule has 2 heterocycles. The molecule has 1 unspecified atom stereocenters. The molecule has 0 aromatic carbocycles. The van der Waals surface area contributed by atoms with E-state index in [4.69, 9.17) is 0 Å². The Kier molecular flexibility index (Phi) is 3.35. The van der Waals surface area contributed by atoms with Gasteiger partial charge in [-0.3, -0.25) is 4.79 Å². The van der Waals surface area contributed by atoms with E-state index in [0.717, 1.165) is 19.3 Å². The summed E-state index contributed by atoms with van der Waals surface area (Å²) >= 11 is 0. The number of pyridine rings is 1. The Labute approximate surface area is 101 Å². The second-order valence-corrected chi connectivity index (χ2v) is 6.10. The van der Waals surface area contributed by atoms with Crippen molar-refractivity contribution in [2.75, 3.05) is 6.54 Å². The van der Waals surface area contributed by atoms with Crippen molar-refractivity contribution in [1.82, 2.24) is 9.29 Å². The summed E-state index contributed by atoms with van der Waals surface area (Å²) in [6.07, 6.45) is 3.91. The maximum atomic E-state index is 12.3. The molecule has 1 aromatic heterocycles. The Morgan fingerprint density at radius 3 is 2.82 bits per heavy atom. The maximum Gasteiger partial charge on any atom is 0.247 e. The molecule has 0 aliphatic carbocycles. The van der Waals surface area contributed by atoms with Crippen LogP contribution in [0.2, 0.25) is 0 Å². The average molecular weight is 256 g/mol. The highest BCUT2D eigenvalue weighted by Gasteiger charge is 2.34. The van der Waals surface area contributed by atoms with Gasteiger partial charge in [0, 0.05) is 24.8 Å². The number of hydrogen-bond donors (Lipinski definition) is 1. The van der Waals surface area contributed by atoms with Gasteiger partial charge in [0.1, 0.15) is 0 Å². The second-order valence-electron chi connectivity index (χ2n) is 4.21. The number of hydrogen-bond acceptors (Lipinski definition) is 3. The Balaban J connectivity index is 2.36. The van der Waals surface area contributed by atoms with E-state index >= 15 is 0 Å². The van der Waals surface area contributed by atoms with Gasteiger partial charge in [0.2, 0.25) is 15.6 Å². The van der Waals surface area contributed by atoms with Gasteiger partial charge >= 0.3 is 0 Å². The number of nitrogens with zero attached hydrogens (tertiary/aromatic N) is 1. The van der Waals surface area contributed by atoms with Crippen molar-refractivity contribution in [3.05, 3.63) is 28.7 Å². The summed E-state index contributed by atoms with van der Waals surface area (Å²) in [5.74, 6) is 0. The summed E-state index contributed by atoms with van der Waals surface area (Å²) in [4.78, 5) is 13.5. The molecule has 1 aromatic rings. The second kappa shape index (κ2) is 4.62. The molecule has 1 aliphatic heterocycles. The summed E-state index contributed by atoms with van der Waals surface area (Å²) < 4.78 is 26.2. The molecule has 17 heavy (non-hydrogen) atoms. The van der Waals surface area contributed by atoms with E-state index in [1.807, 2.05) is 6.92 Å². The minimum Gasteiger partial charge on any atom is -0.328 e. The quantitative estimate of drug-likeness (QED) is 0.875. The van der Waals surface area contributed by atoms with Crippen molar-refractivity contribution >= 4 is 10.0 Å². The molecule has 0 saturated carbocycles. The van der Waals surface area contributed by atoms with Crippen LogP contribution < -0.4 is 5.56 Å². The first kappa shape index (κ1) is 12.3. The van der Waals surface area contributed by atoms with E-state index in [-0.39, 0.29) is 16.5 Å². The molecular formula is C11H16N2O3S. The number of aromatic nitrogens is 1. The number of nitrogens with one attached hydrogen (secondary N) is 1. The molecule has 0 amide bonds. The maximum absolute atomic E-state index is 12.3. The highest BCUT2D eigenvalue weighted by molar-refractivity contribution is 7.89. The minimum atomic E-state index is -3.45. The van der Waals surface area contributed by atoms with Crippen molar-refractivity contribution in [3.8, 4) is 0 Å². The van der Waals surface area contributed by atoms with Crippen LogP contribution in [0.3, 0.4) is 0 Å². The van der Waals surface area contributed by atoms with Crippen LogP contribution in [0.1, 0.15) is 26.2 Å². The molecule has 1 atom stereocenters. The van der Waals surface area contributed by atoms with Gasteiger partial charge in [-0.1, -0.05) is 6.92 Å². The fourth-order valence-corrected chi connectivity index (χ4v) is 3.96. The molecule has 1 fully saturated rings. The molecule has 1 N–H and O–H groups in total. The third kappa shape index (κ3) is 2.28. The molecule has 0 spiro atoms. The van der Waals surface area contributed by atoms with Gasteiger partial charge < -0.3 is 4.98 Å². The predicted molar refractivity (Wildman–Crippen MR) is 64.3 cm³/mol. The van der Waals surface area contributed by atoms with Crippen molar-refractivity contribution < 1.29 is 8.42 Å². The Bertz CT molecular complexity index is 530. The monoisotopic (exact) mass is 256 g/mol. The fraction of sp³-hybridized carbons (Fsp3) is 0.545. The van der Waals surface area contributed by atoms with Gasteiger partial charge in [-0.2, -0.15) is 4.31 Å². The molecule has 1 aliphatic rings. The van der Waals surface area contributed by atoms with E-state index in [1.54, 1.807) is 4.31 Å². The van der Waals surface area contributed by atoms with Crippen LogP contribution >= 0.6 is 0 Å². The van der Waals surface area contributed by atoms with Crippen molar-refractivity contribution in [2.24, 2.45) is 0 Å². The smallest absolute Gasteiger partial charge is 0.247 e. The zero-order valence-corrected chi connectivity index (χ0v) is 10.5. The molecule has 0 radical (unpaired) electrons. The van der Waals surface area contributed by atoms with Gasteiger partial charge in [-0.15, -0.1) is 0 Å². The highest BCUT2D eigenvalue weighted by atomic mass is 32.2. The Hall–Kier alpha value is -1.14. The van der Waals surface area contributed by atoms with Crippen LogP contribution in [0, 0.1) is 0 Å². The zero-order valence-electron chi connectivity index (χ0n) is 9.72. The predicted octanol–water partition coefficient (Wildman–Crippen LogP) is 0.938. The molecule has 2 rings (SSSR count). The topological polar surface area (TPSA) is 70.2 Å². The lowest BCUT2D eigenvalue weighted by Gasteiger charge is -2.22. The molecule has 94 valence electrons. The fourth-order valence-electron chi connectivity index (χ4n) is 2.23. The third-order valence-corrected chi connectivity index (χ3v) is 5.10. The van der Waals surface area contributed by atoms with Crippen LogP contribution in [0.4, 0.5) is 0 Å². The Morgan fingerprint density at radius 1 is 1.47 bits per heavy atom. The first-order valence-electron chi connectivity index (χ1n) is 5.76. The van der Waals surface area contributed by atoms with Gasteiger partial charge in [-0.25, -0.2) is 8.42 Å². The Morgan fingerprint density at radius 2 is 2.24 bits per heavy atom. The summed E-state index contributed by atoms with van der Waals surface area (Å²) in [6, 6.07) is 2.69. The van der Waals surface area contributed by atoms with Crippen LogP contribution in [-0.2, 0) is 10.0 Å². The average Bonchev–Trinajstić information content (AvgIpc) is 2.78. The lowest BCUT2D eigenvalue weighted by atomic mass is 10.2. The van der Waals surface area contributed by atoms with Gasteiger partial charge in [0.25, 0.3) is 0 Å². The number of H-pyrrole nitrogens is 1. The summed E-state index contributed by atoms with van der Waals surface area (Å²) in [7, 11) is -3.45. The van der Waals surface area contributed by atoms with Crippen LogP contribution in [-0.4, -0.2) is 30.3 Å². The SMILES string of the molecule is CCC1CCCN1S(=O)(=O)c1ccc(=O)[nH]c1. The van der Waals surface area contributed by atoms with Crippen molar-refractivity contribution in [2.45, 2.75) is 37.1 Å². The van der Waals surface area contributed by atoms with Gasteiger partial charge in [-0.05, 0) is 25.3 Å². The molecule has 5 nitrogen and oxygen atoms in total. The normalized spacial score (nSPS) is 21.8. The van der Waals surface area contributed by atoms with Gasteiger partial charge in [0.05, 0.1) is 4.90 Å². The number of aromatic amines is 1. The van der Waals surface area contributed by atoms with E-state index < -0.39 is 10.0 Å². The van der Waals surface area contributed by atoms with Crippen molar-refractivity contribution in [3.63, 3.8) is 0 Å². The first-order chi connectivity index (χ1) is 8.05. The molecular weight excluding hydrogens is 240 g/mol. The molecule has 1 saturated heterocycles. The summed E-state index contributed by atoms with van der Waals surface area (Å²) in [6.45, 7) is 2.56. The van der Waals surface area contributed by atoms with Crippen LogP contribution in [0.25, 0.3) is 0 Å². The first-order valence-corrected chi connectivity index (χ1v) is 7.20. The lowest BCUT2D eigenvalue weighted by molar-refractivity contribution is 0.379. The van der Waals surface area contributed by atoms with E-state index in [0.29, 0.717) is 6.54 Å². The summed E-state index contributed by atoms with van der Waals surface area (Å²) in [5, 5.41) is 0. The van der Waals surface area contributed by atoms with E-state index in [1.165, 1.54) is 18.3 Å². The number of rotatable bonds is 3. The van der Waals surface area contributed by atoms with Crippen molar-refractivity contribution in [1.29, 1.82) is 0 Å². The lowest BCUT2D eigenvalue weighted by Crippen LogP contribution is -2.35. The third-order valence-electron chi connectivity index (χ3n) is 3.16. The zero-order chi connectivity index (χ0) is 12.5. The number of sulfonamides is 1. The van der Waals surface area contributed by atoms with Crippen LogP contribution in [0.15, 0.2) is 28.0 Å². The van der Waals surface area contributed by atoms with Crippen LogP contribution in [0.5, 0.6) is 0 Å². The standard InChI is InChI=1S/C11H16N2O3S/c1-2-9-4-3-7-13(9)17(15,16)10-5-6-11(14)12-8-10/h5-6,8-9H,2-4,7H2,1H3,(H,12,14). The largest absolute Gasteiger partial charge is 0.328 e. The molecule has 0 bridgehead atoms.